The third kappa shape index (κ3) is 6.49. The molecule has 0 bridgehead atoms. The summed E-state index contributed by atoms with van der Waals surface area (Å²) in [4.78, 5) is 2.51. The monoisotopic (exact) mass is 292 g/mol. The van der Waals surface area contributed by atoms with Crippen molar-refractivity contribution in [2.75, 3.05) is 33.3 Å². The number of nitrogens with zero attached hydrogens (tertiary/aromatic N) is 1. The van der Waals surface area contributed by atoms with E-state index in [4.69, 9.17) is 4.74 Å². The zero-order valence-electron chi connectivity index (χ0n) is 14.4. The molecular formula is C18H32N2O. The van der Waals surface area contributed by atoms with E-state index < -0.39 is 0 Å². The van der Waals surface area contributed by atoms with Crippen molar-refractivity contribution in [2.24, 2.45) is 5.92 Å². The molecule has 1 N–H and O–H groups in total. The van der Waals surface area contributed by atoms with Gasteiger partial charge in [0.25, 0.3) is 0 Å². The second kappa shape index (κ2) is 9.80. The van der Waals surface area contributed by atoms with Crippen LogP contribution in [0.15, 0.2) is 24.3 Å². The number of rotatable bonds is 10. The first-order valence-electron chi connectivity index (χ1n) is 8.23. The summed E-state index contributed by atoms with van der Waals surface area (Å²) in [5, 5.41) is 3.44. The first-order chi connectivity index (χ1) is 10.1. The van der Waals surface area contributed by atoms with E-state index in [0.29, 0.717) is 12.0 Å². The highest BCUT2D eigenvalue weighted by Crippen LogP contribution is 2.19. The van der Waals surface area contributed by atoms with Gasteiger partial charge in [0.2, 0.25) is 0 Å². The van der Waals surface area contributed by atoms with Gasteiger partial charge in [-0.2, -0.15) is 0 Å². The molecule has 0 radical (unpaired) electrons. The van der Waals surface area contributed by atoms with Crippen LogP contribution in [-0.4, -0.2) is 38.2 Å². The van der Waals surface area contributed by atoms with Crippen LogP contribution in [0.25, 0.3) is 0 Å². The second-order valence-electron chi connectivity index (χ2n) is 6.00. The first kappa shape index (κ1) is 18.0. The molecule has 0 aliphatic carbocycles. The van der Waals surface area contributed by atoms with E-state index >= 15 is 0 Å². The Morgan fingerprint density at radius 2 is 1.76 bits per heavy atom. The van der Waals surface area contributed by atoms with Gasteiger partial charge in [-0.25, -0.2) is 0 Å². The van der Waals surface area contributed by atoms with Crippen molar-refractivity contribution in [3.63, 3.8) is 0 Å². The lowest BCUT2D eigenvalue weighted by molar-refractivity contribution is 0.232. The van der Waals surface area contributed by atoms with Crippen molar-refractivity contribution < 1.29 is 4.74 Å². The van der Waals surface area contributed by atoms with Gasteiger partial charge in [-0.3, -0.25) is 0 Å². The van der Waals surface area contributed by atoms with Crippen molar-refractivity contribution >= 4 is 0 Å². The average Bonchev–Trinajstić information content (AvgIpc) is 2.49. The van der Waals surface area contributed by atoms with Gasteiger partial charge in [0.05, 0.1) is 6.61 Å². The zero-order chi connectivity index (χ0) is 15.7. The Bertz CT molecular complexity index is 375. The quantitative estimate of drug-likeness (QED) is 0.711. The van der Waals surface area contributed by atoms with Gasteiger partial charge in [0.15, 0.2) is 0 Å². The van der Waals surface area contributed by atoms with Crippen molar-refractivity contribution in [2.45, 2.75) is 40.2 Å². The normalized spacial score (nSPS) is 12.9. The fourth-order valence-electron chi connectivity index (χ4n) is 2.49. The summed E-state index contributed by atoms with van der Waals surface area (Å²) in [6.45, 7) is 13.0. The summed E-state index contributed by atoms with van der Waals surface area (Å²) in [6.07, 6.45) is 1.04. The van der Waals surface area contributed by atoms with Gasteiger partial charge in [-0.05, 0) is 43.6 Å². The number of hydrogen-bond donors (Lipinski definition) is 1. The predicted molar refractivity (Wildman–Crippen MR) is 91.0 cm³/mol. The van der Waals surface area contributed by atoms with Gasteiger partial charge in [-0.15, -0.1) is 0 Å². The Morgan fingerprint density at radius 1 is 1.10 bits per heavy atom. The maximum Gasteiger partial charge on any atom is 0.119 e. The maximum atomic E-state index is 5.65. The Balaban J connectivity index is 2.66. The summed E-state index contributed by atoms with van der Waals surface area (Å²) >= 11 is 0. The van der Waals surface area contributed by atoms with Crippen molar-refractivity contribution in [3.8, 4) is 5.75 Å². The van der Waals surface area contributed by atoms with Crippen molar-refractivity contribution in [3.05, 3.63) is 29.8 Å². The molecule has 0 aliphatic rings. The summed E-state index contributed by atoms with van der Waals surface area (Å²) in [7, 11) is 2.04. The molecule has 0 fully saturated rings. The molecule has 0 spiro atoms. The lowest BCUT2D eigenvalue weighted by Crippen LogP contribution is -2.36. The number of hydrogen-bond acceptors (Lipinski definition) is 3. The molecule has 1 atom stereocenters. The van der Waals surface area contributed by atoms with Gasteiger partial charge < -0.3 is 15.0 Å². The molecule has 3 nitrogen and oxygen atoms in total. The van der Waals surface area contributed by atoms with E-state index in [1.165, 1.54) is 5.56 Å². The molecular weight excluding hydrogens is 260 g/mol. The minimum absolute atomic E-state index is 0.365. The van der Waals surface area contributed by atoms with Crippen LogP contribution in [0.2, 0.25) is 0 Å². The highest BCUT2D eigenvalue weighted by atomic mass is 16.5. The zero-order valence-corrected chi connectivity index (χ0v) is 14.4. The lowest BCUT2D eigenvalue weighted by Gasteiger charge is -2.28. The Kier molecular flexibility index (Phi) is 8.40. The Labute approximate surface area is 130 Å². The van der Waals surface area contributed by atoms with Crippen LogP contribution in [0.5, 0.6) is 5.75 Å². The number of likely N-dealkylation sites (N-methyl/N-ethyl adjacent to an activating group) is 2. The molecule has 1 aromatic carbocycles. The van der Waals surface area contributed by atoms with E-state index in [1.54, 1.807) is 0 Å². The van der Waals surface area contributed by atoms with Crippen LogP contribution in [0.4, 0.5) is 0 Å². The molecule has 21 heavy (non-hydrogen) atoms. The number of benzene rings is 1. The third-order valence-corrected chi connectivity index (χ3v) is 3.62. The molecule has 1 unspecified atom stereocenters. The van der Waals surface area contributed by atoms with Gasteiger partial charge in [0.1, 0.15) is 5.75 Å². The van der Waals surface area contributed by atoms with Crippen LogP contribution in [-0.2, 0) is 0 Å². The average molecular weight is 292 g/mol. The SMILES string of the molecule is CCCOc1ccc(C(CN(CC)CC(C)C)NC)cc1. The van der Waals surface area contributed by atoms with Gasteiger partial charge in [0, 0.05) is 19.1 Å². The topological polar surface area (TPSA) is 24.5 Å². The molecule has 0 heterocycles. The third-order valence-electron chi connectivity index (χ3n) is 3.62. The molecule has 1 aromatic rings. The molecule has 120 valence electrons. The maximum absolute atomic E-state index is 5.65. The summed E-state index contributed by atoms with van der Waals surface area (Å²) in [5.74, 6) is 1.66. The van der Waals surface area contributed by atoms with E-state index in [9.17, 15) is 0 Å². The number of nitrogens with one attached hydrogen (secondary N) is 1. The Hall–Kier alpha value is -1.06. The van der Waals surface area contributed by atoms with Crippen LogP contribution >= 0.6 is 0 Å². The van der Waals surface area contributed by atoms with Crippen molar-refractivity contribution in [1.29, 1.82) is 0 Å². The van der Waals surface area contributed by atoms with Gasteiger partial charge >= 0.3 is 0 Å². The summed E-state index contributed by atoms with van der Waals surface area (Å²) in [6, 6.07) is 8.87. The van der Waals surface area contributed by atoms with Gasteiger partial charge in [-0.1, -0.05) is 39.8 Å². The summed E-state index contributed by atoms with van der Waals surface area (Å²) in [5.41, 5.74) is 1.32. The Morgan fingerprint density at radius 3 is 2.24 bits per heavy atom. The second-order valence-corrected chi connectivity index (χ2v) is 6.00. The molecule has 0 aromatic heterocycles. The first-order valence-corrected chi connectivity index (χ1v) is 8.23. The fraction of sp³-hybridized carbons (Fsp3) is 0.667. The molecule has 3 heteroatoms. The minimum Gasteiger partial charge on any atom is -0.494 e. The molecule has 0 saturated carbocycles. The fourth-order valence-corrected chi connectivity index (χ4v) is 2.49. The molecule has 0 aliphatic heterocycles. The van der Waals surface area contributed by atoms with Crippen LogP contribution in [0.1, 0.15) is 45.7 Å². The van der Waals surface area contributed by atoms with Crippen LogP contribution < -0.4 is 10.1 Å². The largest absolute Gasteiger partial charge is 0.494 e. The van der Waals surface area contributed by atoms with E-state index in [2.05, 4.69) is 62.2 Å². The van der Waals surface area contributed by atoms with E-state index in [1.807, 2.05) is 7.05 Å². The standard InChI is InChI=1S/C18H32N2O/c1-6-12-21-17-10-8-16(9-11-17)18(19-5)14-20(7-2)13-15(3)4/h8-11,15,18-19H,6-7,12-14H2,1-5H3. The lowest BCUT2D eigenvalue weighted by atomic mass is 10.1. The molecule has 0 amide bonds. The summed E-state index contributed by atoms with van der Waals surface area (Å²) < 4.78 is 5.65. The highest BCUT2D eigenvalue weighted by Gasteiger charge is 2.14. The van der Waals surface area contributed by atoms with E-state index in [-0.39, 0.29) is 0 Å². The molecule has 0 saturated heterocycles. The smallest absolute Gasteiger partial charge is 0.119 e. The number of ether oxygens (including phenoxy) is 1. The van der Waals surface area contributed by atoms with E-state index in [0.717, 1.165) is 38.4 Å². The highest BCUT2D eigenvalue weighted by molar-refractivity contribution is 5.29. The molecule has 1 rings (SSSR count). The predicted octanol–water partition coefficient (Wildman–Crippen LogP) is 3.71. The van der Waals surface area contributed by atoms with Crippen LogP contribution in [0, 0.1) is 5.92 Å². The van der Waals surface area contributed by atoms with Crippen LogP contribution in [0.3, 0.4) is 0 Å². The minimum atomic E-state index is 0.365. The van der Waals surface area contributed by atoms with Crippen molar-refractivity contribution in [1.82, 2.24) is 10.2 Å².